The standard InChI is InChI=1S/C19H24N4O2/c1-2-10-20-18(24)14-23-17(13-22-11-6-3-7-12-22)21-16-9-5-4-8-15(16)19(23)25/h2,4-5,8-9H,1,3,6-7,10-14H2,(H,20,24). The third-order valence-corrected chi connectivity index (χ3v) is 4.50. The van der Waals surface area contributed by atoms with Crippen molar-refractivity contribution in [2.45, 2.75) is 32.4 Å². The lowest BCUT2D eigenvalue weighted by molar-refractivity contribution is -0.121. The third-order valence-electron chi connectivity index (χ3n) is 4.50. The molecular weight excluding hydrogens is 316 g/mol. The van der Waals surface area contributed by atoms with E-state index in [0.29, 0.717) is 29.8 Å². The van der Waals surface area contributed by atoms with Gasteiger partial charge < -0.3 is 5.32 Å². The van der Waals surface area contributed by atoms with E-state index in [-0.39, 0.29) is 18.0 Å². The van der Waals surface area contributed by atoms with Crippen LogP contribution in [0.1, 0.15) is 25.1 Å². The van der Waals surface area contributed by atoms with Crippen molar-refractivity contribution in [1.29, 1.82) is 0 Å². The number of para-hydroxylation sites is 1. The first-order chi connectivity index (χ1) is 12.2. The summed E-state index contributed by atoms with van der Waals surface area (Å²) in [5, 5.41) is 3.27. The molecule has 25 heavy (non-hydrogen) atoms. The van der Waals surface area contributed by atoms with Gasteiger partial charge >= 0.3 is 0 Å². The van der Waals surface area contributed by atoms with Crippen LogP contribution >= 0.6 is 0 Å². The molecule has 0 unspecified atom stereocenters. The molecule has 0 radical (unpaired) electrons. The highest BCUT2D eigenvalue weighted by Crippen LogP contribution is 2.14. The van der Waals surface area contributed by atoms with E-state index in [1.165, 1.54) is 11.0 Å². The number of fused-ring (bicyclic) bond motifs is 1. The molecule has 0 bridgehead atoms. The predicted molar refractivity (Wildman–Crippen MR) is 98.3 cm³/mol. The molecule has 6 nitrogen and oxygen atoms in total. The van der Waals surface area contributed by atoms with Crippen LogP contribution in [0.15, 0.2) is 41.7 Å². The number of nitrogens with one attached hydrogen (secondary N) is 1. The van der Waals surface area contributed by atoms with Crippen LogP contribution in [0.25, 0.3) is 10.9 Å². The minimum Gasteiger partial charge on any atom is -0.351 e. The van der Waals surface area contributed by atoms with Crippen LogP contribution in [0.4, 0.5) is 0 Å². The highest BCUT2D eigenvalue weighted by atomic mass is 16.2. The van der Waals surface area contributed by atoms with Crippen molar-refractivity contribution < 1.29 is 4.79 Å². The van der Waals surface area contributed by atoms with Crippen LogP contribution in [-0.4, -0.2) is 40.0 Å². The van der Waals surface area contributed by atoms with Gasteiger partial charge in [-0.05, 0) is 38.1 Å². The Morgan fingerprint density at radius 2 is 2.00 bits per heavy atom. The van der Waals surface area contributed by atoms with Crippen molar-refractivity contribution in [1.82, 2.24) is 19.8 Å². The highest BCUT2D eigenvalue weighted by Gasteiger charge is 2.17. The molecule has 1 aliphatic heterocycles. The SMILES string of the molecule is C=CCNC(=O)Cn1c(CN2CCCCC2)nc2ccccc2c1=O. The van der Waals surface area contributed by atoms with Gasteiger partial charge in [0.15, 0.2) is 0 Å². The fourth-order valence-corrected chi connectivity index (χ4v) is 3.20. The summed E-state index contributed by atoms with van der Waals surface area (Å²) in [7, 11) is 0. The molecule has 1 saturated heterocycles. The van der Waals surface area contributed by atoms with Gasteiger partial charge in [-0.15, -0.1) is 6.58 Å². The Morgan fingerprint density at radius 1 is 1.24 bits per heavy atom. The monoisotopic (exact) mass is 340 g/mol. The second kappa shape index (κ2) is 8.07. The summed E-state index contributed by atoms with van der Waals surface area (Å²) in [5.74, 6) is 0.443. The Bertz CT molecular complexity index is 822. The summed E-state index contributed by atoms with van der Waals surface area (Å²) < 4.78 is 1.51. The van der Waals surface area contributed by atoms with Crippen molar-refractivity contribution in [3.63, 3.8) is 0 Å². The molecule has 1 aromatic carbocycles. The van der Waals surface area contributed by atoms with Crippen molar-refractivity contribution >= 4 is 16.8 Å². The molecule has 1 aliphatic rings. The largest absolute Gasteiger partial charge is 0.351 e. The zero-order valence-corrected chi connectivity index (χ0v) is 14.4. The minimum atomic E-state index is -0.209. The van der Waals surface area contributed by atoms with Gasteiger partial charge in [0.25, 0.3) is 5.56 Å². The maximum Gasteiger partial charge on any atom is 0.261 e. The van der Waals surface area contributed by atoms with Gasteiger partial charge in [-0.25, -0.2) is 4.98 Å². The van der Waals surface area contributed by atoms with Crippen LogP contribution < -0.4 is 10.9 Å². The Morgan fingerprint density at radius 3 is 2.76 bits per heavy atom. The molecule has 2 heterocycles. The average Bonchev–Trinajstić information content (AvgIpc) is 2.64. The molecule has 3 rings (SSSR count). The zero-order valence-electron chi connectivity index (χ0n) is 14.4. The van der Waals surface area contributed by atoms with E-state index in [9.17, 15) is 9.59 Å². The summed E-state index contributed by atoms with van der Waals surface area (Å²) in [4.78, 5) is 32.0. The molecule has 1 aromatic heterocycles. The normalized spacial score (nSPS) is 15.2. The molecular formula is C19H24N4O2. The first-order valence-electron chi connectivity index (χ1n) is 8.77. The molecule has 0 aliphatic carbocycles. The van der Waals surface area contributed by atoms with Gasteiger partial charge in [-0.2, -0.15) is 0 Å². The minimum absolute atomic E-state index is 0.0202. The molecule has 0 saturated carbocycles. The molecule has 0 atom stereocenters. The van der Waals surface area contributed by atoms with Crippen molar-refractivity contribution in [3.05, 3.63) is 53.1 Å². The Balaban J connectivity index is 1.96. The maximum absolute atomic E-state index is 12.9. The van der Waals surface area contributed by atoms with E-state index in [0.717, 1.165) is 25.9 Å². The molecule has 0 spiro atoms. The Kier molecular flexibility index (Phi) is 5.60. The number of benzene rings is 1. The number of carbonyl (C=O) groups excluding carboxylic acids is 1. The van der Waals surface area contributed by atoms with Gasteiger partial charge in [0, 0.05) is 6.54 Å². The molecule has 132 valence electrons. The van der Waals surface area contributed by atoms with Gasteiger partial charge in [-0.3, -0.25) is 19.1 Å². The predicted octanol–water partition coefficient (Wildman–Crippen LogP) is 1.68. The summed E-state index contributed by atoms with van der Waals surface area (Å²) >= 11 is 0. The van der Waals surface area contributed by atoms with Crippen LogP contribution in [0.3, 0.4) is 0 Å². The van der Waals surface area contributed by atoms with Gasteiger partial charge in [-0.1, -0.05) is 24.6 Å². The maximum atomic E-state index is 12.9. The highest BCUT2D eigenvalue weighted by molar-refractivity contribution is 5.79. The number of hydrogen-bond donors (Lipinski definition) is 1. The van der Waals surface area contributed by atoms with Crippen LogP contribution in [0.5, 0.6) is 0 Å². The van der Waals surface area contributed by atoms with E-state index >= 15 is 0 Å². The Hall–Kier alpha value is -2.47. The van der Waals surface area contributed by atoms with E-state index in [2.05, 4.69) is 21.8 Å². The lowest BCUT2D eigenvalue weighted by Gasteiger charge is -2.27. The molecule has 1 N–H and O–H groups in total. The second-order valence-electron chi connectivity index (χ2n) is 6.37. The van der Waals surface area contributed by atoms with Crippen LogP contribution in [0, 0.1) is 0 Å². The number of aromatic nitrogens is 2. The van der Waals surface area contributed by atoms with E-state index in [1.807, 2.05) is 18.2 Å². The zero-order chi connectivity index (χ0) is 17.6. The second-order valence-corrected chi connectivity index (χ2v) is 6.37. The Labute approximate surface area is 147 Å². The quantitative estimate of drug-likeness (QED) is 0.813. The lowest BCUT2D eigenvalue weighted by Crippen LogP contribution is -2.37. The number of likely N-dealkylation sites (tertiary alicyclic amines) is 1. The number of piperidine rings is 1. The fourth-order valence-electron chi connectivity index (χ4n) is 3.20. The van der Waals surface area contributed by atoms with E-state index in [4.69, 9.17) is 0 Å². The summed E-state index contributed by atoms with van der Waals surface area (Å²) in [6.45, 7) is 6.56. The van der Waals surface area contributed by atoms with Gasteiger partial charge in [0.1, 0.15) is 12.4 Å². The third kappa shape index (κ3) is 4.14. The number of hydrogen-bond acceptors (Lipinski definition) is 4. The van der Waals surface area contributed by atoms with Crippen LogP contribution in [-0.2, 0) is 17.9 Å². The summed E-state index contributed by atoms with van der Waals surface area (Å²) in [6.07, 6.45) is 5.20. The number of rotatable bonds is 6. The summed E-state index contributed by atoms with van der Waals surface area (Å²) in [5.41, 5.74) is 0.522. The van der Waals surface area contributed by atoms with Crippen molar-refractivity contribution in [2.75, 3.05) is 19.6 Å². The first-order valence-corrected chi connectivity index (χ1v) is 8.77. The lowest BCUT2D eigenvalue weighted by atomic mass is 10.1. The number of nitrogens with zero attached hydrogens (tertiary/aromatic N) is 3. The van der Waals surface area contributed by atoms with E-state index in [1.54, 1.807) is 12.1 Å². The topological polar surface area (TPSA) is 67.2 Å². The number of amides is 1. The first kappa shape index (κ1) is 17.4. The summed E-state index contributed by atoms with van der Waals surface area (Å²) in [6, 6.07) is 7.30. The molecule has 1 fully saturated rings. The van der Waals surface area contributed by atoms with Crippen LogP contribution in [0.2, 0.25) is 0 Å². The van der Waals surface area contributed by atoms with Gasteiger partial charge in [0.05, 0.1) is 17.4 Å². The fraction of sp³-hybridized carbons (Fsp3) is 0.421. The van der Waals surface area contributed by atoms with E-state index < -0.39 is 0 Å². The number of carbonyl (C=O) groups is 1. The average molecular weight is 340 g/mol. The van der Waals surface area contributed by atoms with Crippen molar-refractivity contribution in [2.24, 2.45) is 0 Å². The molecule has 1 amide bonds. The van der Waals surface area contributed by atoms with Gasteiger partial charge in [0.2, 0.25) is 5.91 Å². The molecule has 2 aromatic rings. The molecule has 6 heteroatoms. The van der Waals surface area contributed by atoms with Crippen molar-refractivity contribution in [3.8, 4) is 0 Å². The smallest absolute Gasteiger partial charge is 0.261 e.